The van der Waals surface area contributed by atoms with Crippen LogP contribution in [0.3, 0.4) is 0 Å². The second-order valence-electron chi connectivity index (χ2n) is 6.31. The van der Waals surface area contributed by atoms with Crippen LogP contribution in [0.15, 0.2) is 46.8 Å². The van der Waals surface area contributed by atoms with Crippen LogP contribution in [0, 0.1) is 0 Å². The van der Waals surface area contributed by atoms with Crippen LogP contribution >= 0.6 is 11.3 Å². The Kier molecular flexibility index (Phi) is 3.77. The molecule has 5 nitrogen and oxygen atoms in total. The summed E-state index contributed by atoms with van der Waals surface area (Å²) in [5, 5.41) is 4.51. The Labute approximate surface area is 137 Å². The summed E-state index contributed by atoms with van der Waals surface area (Å²) in [6.45, 7) is 6.38. The Morgan fingerprint density at radius 1 is 1.22 bits per heavy atom. The monoisotopic (exact) mass is 327 g/mol. The van der Waals surface area contributed by atoms with E-state index >= 15 is 0 Å². The van der Waals surface area contributed by atoms with Crippen molar-refractivity contribution in [3.63, 3.8) is 0 Å². The molecule has 118 valence electrons. The van der Waals surface area contributed by atoms with Gasteiger partial charge in [0, 0.05) is 23.5 Å². The van der Waals surface area contributed by atoms with Crippen LogP contribution in [0.5, 0.6) is 0 Å². The predicted molar refractivity (Wildman–Crippen MR) is 92.4 cm³/mol. The summed E-state index contributed by atoms with van der Waals surface area (Å²) in [6.07, 6.45) is 2.94. The third-order valence-corrected chi connectivity index (χ3v) is 4.37. The molecule has 23 heavy (non-hydrogen) atoms. The van der Waals surface area contributed by atoms with Gasteiger partial charge in [-0.05, 0) is 23.1 Å². The molecule has 2 heterocycles. The van der Waals surface area contributed by atoms with Crippen molar-refractivity contribution in [2.24, 2.45) is 0 Å². The number of hydrogen-bond acceptors (Lipinski definition) is 4. The van der Waals surface area contributed by atoms with Crippen molar-refractivity contribution in [3.8, 4) is 0 Å². The first-order valence-electron chi connectivity index (χ1n) is 7.23. The topological polar surface area (TPSA) is 63.5 Å². The normalized spacial score (nSPS) is 11.6. The Morgan fingerprint density at radius 2 is 1.91 bits per heavy atom. The lowest BCUT2D eigenvalue weighted by Crippen LogP contribution is -2.25. The zero-order chi connectivity index (χ0) is 16.6. The molecule has 0 unspecified atom stereocenters. The fourth-order valence-electron chi connectivity index (χ4n) is 2.23. The van der Waals surface area contributed by atoms with Crippen molar-refractivity contribution in [1.29, 1.82) is 0 Å². The quantitative estimate of drug-likeness (QED) is 0.785. The van der Waals surface area contributed by atoms with Gasteiger partial charge in [0.2, 0.25) is 0 Å². The number of nitrogens with zero attached hydrogens (tertiary/aromatic N) is 2. The van der Waals surface area contributed by atoms with E-state index in [2.05, 4.69) is 31.1 Å². The van der Waals surface area contributed by atoms with Crippen LogP contribution in [-0.2, 0) is 5.41 Å². The number of amides is 1. The van der Waals surface area contributed by atoms with E-state index in [9.17, 15) is 9.59 Å². The Morgan fingerprint density at radius 3 is 2.57 bits per heavy atom. The molecule has 1 N–H and O–H groups in total. The molecule has 6 heteroatoms. The minimum Gasteiger partial charge on any atom is -0.322 e. The van der Waals surface area contributed by atoms with E-state index in [4.69, 9.17) is 0 Å². The molecule has 0 saturated heterocycles. The summed E-state index contributed by atoms with van der Waals surface area (Å²) in [4.78, 5) is 29.3. The maximum atomic E-state index is 12.3. The average molecular weight is 327 g/mol. The summed E-state index contributed by atoms with van der Waals surface area (Å²) in [5.41, 5.74) is 1.55. The molecular formula is C17H17N3O2S. The van der Waals surface area contributed by atoms with Crippen molar-refractivity contribution >= 4 is 27.9 Å². The van der Waals surface area contributed by atoms with Crippen LogP contribution in [0.25, 0.3) is 4.96 Å². The molecule has 1 aromatic carbocycles. The van der Waals surface area contributed by atoms with Crippen LogP contribution in [-0.4, -0.2) is 15.3 Å². The molecule has 3 rings (SSSR count). The van der Waals surface area contributed by atoms with Gasteiger partial charge in [0.25, 0.3) is 11.5 Å². The standard InChI is InChI=1S/C17H17N3O2S/c1-17(2,3)11-4-6-12(7-5-11)19-14(21)13-10-18-16-20(15(13)22)8-9-23-16/h4-10H,1-3H3,(H,19,21). The van der Waals surface area contributed by atoms with E-state index in [1.807, 2.05) is 24.3 Å². The SMILES string of the molecule is CC(C)(C)c1ccc(NC(=O)c2cnc3sccn3c2=O)cc1. The van der Waals surface area contributed by atoms with Gasteiger partial charge in [-0.25, -0.2) is 4.98 Å². The van der Waals surface area contributed by atoms with Gasteiger partial charge in [-0.1, -0.05) is 32.9 Å². The zero-order valence-corrected chi connectivity index (χ0v) is 14.0. The molecule has 0 aliphatic heterocycles. The summed E-state index contributed by atoms with van der Waals surface area (Å²) < 4.78 is 1.38. The molecule has 0 aliphatic rings. The lowest BCUT2D eigenvalue weighted by atomic mass is 9.87. The summed E-state index contributed by atoms with van der Waals surface area (Å²) in [5.74, 6) is -0.452. The average Bonchev–Trinajstić information content (AvgIpc) is 2.96. The highest BCUT2D eigenvalue weighted by Crippen LogP contribution is 2.23. The molecule has 2 aromatic heterocycles. The number of fused-ring (bicyclic) bond motifs is 1. The second kappa shape index (κ2) is 5.62. The van der Waals surface area contributed by atoms with Gasteiger partial charge >= 0.3 is 0 Å². The Hall–Kier alpha value is -2.47. The summed E-state index contributed by atoms with van der Waals surface area (Å²) in [6, 6.07) is 7.63. The lowest BCUT2D eigenvalue weighted by Gasteiger charge is -2.19. The van der Waals surface area contributed by atoms with E-state index in [0.717, 1.165) is 0 Å². The first-order valence-corrected chi connectivity index (χ1v) is 8.11. The second-order valence-corrected chi connectivity index (χ2v) is 7.19. The summed E-state index contributed by atoms with van der Waals surface area (Å²) >= 11 is 1.35. The maximum Gasteiger partial charge on any atom is 0.271 e. The Bertz CT molecular complexity index is 917. The van der Waals surface area contributed by atoms with Crippen LogP contribution in [0.1, 0.15) is 36.7 Å². The van der Waals surface area contributed by atoms with Gasteiger partial charge in [-0.3, -0.25) is 14.0 Å². The summed E-state index contributed by atoms with van der Waals surface area (Å²) in [7, 11) is 0. The highest BCUT2D eigenvalue weighted by atomic mass is 32.1. The van der Waals surface area contributed by atoms with E-state index < -0.39 is 5.91 Å². The van der Waals surface area contributed by atoms with E-state index in [0.29, 0.717) is 10.6 Å². The van der Waals surface area contributed by atoms with Crippen molar-refractivity contribution < 1.29 is 4.79 Å². The molecule has 0 spiro atoms. The fraction of sp³-hybridized carbons (Fsp3) is 0.235. The van der Waals surface area contributed by atoms with E-state index in [1.165, 1.54) is 27.5 Å². The van der Waals surface area contributed by atoms with Crippen LogP contribution < -0.4 is 10.9 Å². The third-order valence-electron chi connectivity index (χ3n) is 3.60. The molecule has 3 aromatic rings. The van der Waals surface area contributed by atoms with Gasteiger partial charge in [-0.2, -0.15) is 0 Å². The highest BCUT2D eigenvalue weighted by molar-refractivity contribution is 7.15. The molecule has 0 atom stereocenters. The van der Waals surface area contributed by atoms with E-state index in [-0.39, 0.29) is 16.5 Å². The fourth-order valence-corrected chi connectivity index (χ4v) is 2.91. The highest BCUT2D eigenvalue weighted by Gasteiger charge is 2.16. The van der Waals surface area contributed by atoms with Crippen molar-refractivity contribution in [2.45, 2.75) is 26.2 Å². The van der Waals surface area contributed by atoms with Gasteiger partial charge in [0.05, 0.1) is 0 Å². The number of carbonyl (C=O) groups is 1. The number of nitrogens with one attached hydrogen (secondary N) is 1. The minimum absolute atomic E-state index is 0.0285. The number of carbonyl (C=O) groups excluding carboxylic acids is 1. The molecule has 1 amide bonds. The Balaban J connectivity index is 1.86. The van der Waals surface area contributed by atoms with E-state index in [1.54, 1.807) is 11.6 Å². The first-order chi connectivity index (χ1) is 10.9. The molecule has 0 aliphatic carbocycles. The predicted octanol–water partition coefficient (Wildman–Crippen LogP) is 3.31. The van der Waals surface area contributed by atoms with Crippen LogP contribution in [0.2, 0.25) is 0 Å². The van der Waals surface area contributed by atoms with Crippen LogP contribution in [0.4, 0.5) is 5.69 Å². The number of benzene rings is 1. The number of aromatic nitrogens is 2. The first kappa shape index (κ1) is 15.4. The largest absolute Gasteiger partial charge is 0.322 e. The molecule has 0 saturated carbocycles. The van der Waals surface area contributed by atoms with Gasteiger partial charge < -0.3 is 5.32 Å². The number of hydrogen-bond donors (Lipinski definition) is 1. The van der Waals surface area contributed by atoms with Gasteiger partial charge in [0.1, 0.15) is 5.56 Å². The number of rotatable bonds is 2. The number of anilines is 1. The van der Waals surface area contributed by atoms with Gasteiger partial charge in [-0.15, -0.1) is 11.3 Å². The molecule has 0 fully saturated rings. The maximum absolute atomic E-state index is 12.3. The van der Waals surface area contributed by atoms with Crippen molar-refractivity contribution in [3.05, 3.63) is 63.5 Å². The molecule has 0 bridgehead atoms. The van der Waals surface area contributed by atoms with Crippen molar-refractivity contribution in [2.75, 3.05) is 5.32 Å². The zero-order valence-electron chi connectivity index (χ0n) is 13.2. The smallest absolute Gasteiger partial charge is 0.271 e. The third kappa shape index (κ3) is 3.03. The lowest BCUT2D eigenvalue weighted by molar-refractivity contribution is 0.102. The van der Waals surface area contributed by atoms with Gasteiger partial charge in [0.15, 0.2) is 4.96 Å². The molecule has 0 radical (unpaired) electrons. The van der Waals surface area contributed by atoms with Crippen molar-refractivity contribution in [1.82, 2.24) is 9.38 Å². The number of thiazole rings is 1. The molecular weight excluding hydrogens is 310 g/mol. The minimum atomic E-state index is -0.452.